The van der Waals surface area contributed by atoms with Gasteiger partial charge in [-0.1, -0.05) is 52.5 Å². The summed E-state index contributed by atoms with van der Waals surface area (Å²) >= 11 is 0. The van der Waals surface area contributed by atoms with Crippen LogP contribution in [0.2, 0.25) is 0 Å². The first-order valence-electron chi connectivity index (χ1n) is 2.98. The van der Waals surface area contributed by atoms with E-state index < -0.39 is 0 Å². The van der Waals surface area contributed by atoms with Crippen LogP contribution in [0.15, 0.2) is 35.8 Å². The maximum absolute atomic E-state index is 3.58. The molecular formula is C8H12S2. The van der Waals surface area contributed by atoms with E-state index in [9.17, 15) is 0 Å². The Morgan fingerprint density at radius 1 is 1.40 bits per heavy atom. The molecule has 0 unspecified atom stereocenters. The average molecular weight is 172 g/mol. The van der Waals surface area contributed by atoms with Crippen LogP contribution in [-0.4, -0.2) is 6.26 Å². The Morgan fingerprint density at radius 3 is 2.60 bits per heavy atom. The lowest BCUT2D eigenvalue weighted by molar-refractivity contribution is 1.68. The minimum absolute atomic E-state index is 1.31. The van der Waals surface area contributed by atoms with E-state index in [4.69, 9.17) is 0 Å². The van der Waals surface area contributed by atoms with Gasteiger partial charge in [0.15, 0.2) is 0 Å². The molecule has 10 heavy (non-hydrogen) atoms. The minimum atomic E-state index is 1.31. The lowest BCUT2D eigenvalue weighted by Gasteiger charge is -1.91. The van der Waals surface area contributed by atoms with E-state index in [0.717, 1.165) is 0 Å². The van der Waals surface area contributed by atoms with Gasteiger partial charge in [0.1, 0.15) is 0 Å². The van der Waals surface area contributed by atoms with Gasteiger partial charge in [0.2, 0.25) is 0 Å². The molecule has 0 atom stereocenters. The van der Waals surface area contributed by atoms with Crippen molar-refractivity contribution in [3.8, 4) is 0 Å². The fourth-order valence-electron chi connectivity index (χ4n) is 0.429. The Kier molecular flexibility index (Phi) is 6.98. The van der Waals surface area contributed by atoms with Crippen LogP contribution >= 0.6 is 21.6 Å². The lowest BCUT2D eigenvalue weighted by atomic mass is 10.4. The van der Waals surface area contributed by atoms with Crippen molar-refractivity contribution >= 4 is 21.6 Å². The van der Waals surface area contributed by atoms with E-state index >= 15 is 0 Å². The molecule has 0 N–H and O–H groups in total. The Labute approximate surface area is 70.9 Å². The molecule has 0 saturated carbocycles. The third kappa shape index (κ3) is 6.05. The largest absolute Gasteiger partial charge is 0.0991 e. The molecule has 0 aromatic carbocycles. The van der Waals surface area contributed by atoms with Gasteiger partial charge >= 0.3 is 0 Å². The first-order chi connectivity index (χ1) is 4.81. The van der Waals surface area contributed by atoms with Crippen molar-refractivity contribution in [3.63, 3.8) is 0 Å². The zero-order chi connectivity index (χ0) is 7.82. The average Bonchev–Trinajstić information content (AvgIpc) is 1.89. The molecule has 0 amide bonds. The van der Waals surface area contributed by atoms with Gasteiger partial charge in [-0.3, -0.25) is 0 Å². The molecule has 0 rings (SSSR count). The molecule has 0 radical (unpaired) electrons. The van der Waals surface area contributed by atoms with Gasteiger partial charge in [-0.05, 0) is 18.1 Å². The summed E-state index contributed by atoms with van der Waals surface area (Å²) in [6.45, 7) is 5.67. The Balaban J connectivity index is 3.67. The molecular weight excluding hydrogens is 160 g/mol. The van der Waals surface area contributed by atoms with Crippen LogP contribution < -0.4 is 0 Å². The SMILES string of the molecule is C=C/C=C\C=C(/C)SSC. The summed E-state index contributed by atoms with van der Waals surface area (Å²) in [7, 11) is 3.53. The van der Waals surface area contributed by atoms with Crippen molar-refractivity contribution in [2.24, 2.45) is 0 Å². The minimum Gasteiger partial charge on any atom is -0.0991 e. The summed E-state index contributed by atoms with van der Waals surface area (Å²) in [5.41, 5.74) is 0. The monoisotopic (exact) mass is 172 g/mol. The standard InChI is InChI=1S/C8H12S2/c1-4-5-6-7-8(2)10-9-3/h4-7H,1H2,2-3H3/b6-5-,8-7+. The second-order valence-electron chi connectivity index (χ2n) is 1.65. The topological polar surface area (TPSA) is 0 Å². The molecule has 0 saturated heterocycles. The summed E-state index contributed by atoms with van der Waals surface area (Å²) in [6, 6.07) is 0. The van der Waals surface area contributed by atoms with Gasteiger partial charge in [0.05, 0.1) is 0 Å². The fraction of sp³-hybridized carbons (Fsp3) is 0.250. The van der Waals surface area contributed by atoms with Gasteiger partial charge in [-0.15, -0.1) is 0 Å². The highest BCUT2D eigenvalue weighted by atomic mass is 33.1. The number of rotatable bonds is 4. The summed E-state index contributed by atoms with van der Waals surface area (Å²) in [6.07, 6.45) is 9.82. The van der Waals surface area contributed by atoms with Crippen LogP contribution in [0.3, 0.4) is 0 Å². The summed E-state index contributed by atoms with van der Waals surface area (Å²) in [4.78, 5) is 1.31. The van der Waals surface area contributed by atoms with E-state index in [1.54, 1.807) is 27.7 Å². The quantitative estimate of drug-likeness (QED) is 0.469. The van der Waals surface area contributed by atoms with Gasteiger partial charge in [-0.25, -0.2) is 0 Å². The molecule has 0 aromatic heterocycles. The van der Waals surface area contributed by atoms with Crippen LogP contribution in [0, 0.1) is 0 Å². The smallest absolute Gasteiger partial charge is 0.00731 e. The van der Waals surface area contributed by atoms with Crippen molar-refractivity contribution in [1.29, 1.82) is 0 Å². The van der Waals surface area contributed by atoms with Crippen molar-refractivity contribution < 1.29 is 0 Å². The second kappa shape index (κ2) is 7.03. The Morgan fingerprint density at radius 2 is 2.10 bits per heavy atom. The highest BCUT2D eigenvalue weighted by Crippen LogP contribution is 2.26. The van der Waals surface area contributed by atoms with Crippen molar-refractivity contribution in [2.75, 3.05) is 6.26 Å². The number of hydrogen-bond acceptors (Lipinski definition) is 2. The lowest BCUT2D eigenvalue weighted by Crippen LogP contribution is -1.58. The third-order valence-electron chi connectivity index (χ3n) is 0.793. The van der Waals surface area contributed by atoms with Crippen molar-refractivity contribution in [1.82, 2.24) is 0 Å². The highest BCUT2D eigenvalue weighted by molar-refractivity contribution is 8.77. The summed E-state index contributed by atoms with van der Waals surface area (Å²) < 4.78 is 0. The van der Waals surface area contributed by atoms with Crippen LogP contribution in [0.25, 0.3) is 0 Å². The first kappa shape index (κ1) is 9.92. The Bertz CT molecular complexity index is 145. The molecule has 56 valence electrons. The Hall–Kier alpha value is -0.0800. The highest BCUT2D eigenvalue weighted by Gasteiger charge is 1.82. The van der Waals surface area contributed by atoms with Gasteiger partial charge in [0, 0.05) is 0 Å². The van der Waals surface area contributed by atoms with E-state index in [0.29, 0.717) is 0 Å². The first-order valence-corrected chi connectivity index (χ1v) is 5.53. The van der Waals surface area contributed by atoms with Gasteiger partial charge in [-0.2, -0.15) is 0 Å². The van der Waals surface area contributed by atoms with Crippen LogP contribution in [-0.2, 0) is 0 Å². The van der Waals surface area contributed by atoms with Crippen LogP contribution in [0.1, 0.15) is 6.92 Å². The summed E-state index contributed by atoms with van der Waals surface area (Å²) in [5, 5.41) is 0. The van der Waals surface area contributed by atoms with Crippen molar-refractivity contribution in [2.45, 2.75) is 6.92 Å². The third-order valence-corrected chi connectivity index (χ3v) is 2.65. The van der Waals surface area contributed by atoms with Crippen molar-refractivity contribution in [3.05, 3.63) is 35.8 Å². The van der Waals surface area contributed by atoms with E-state index in [-0.39, 0.29) is 0 Å². The fourth-order valence-corrected chi connectivity index (χ4v) is 1.78. The molecule has 0 spiro atoms. The van der Waals surface area contributed by atoms with Gasteiger partial charge < -0.3 is 0 Å². The molecule has 0 heterocycles. The molecule has 0 aliphatic carbocycles. The molecule has 2 heteroatoms. The zero-order valence-corrected chi connectivity index (χ0v) is 7.97. The number of allylic oxidation sites excluding steroid dienone is 5. The second-order valence-corrected chi connectivity index (χ2v) is 4.29. The zero-order valence-electron chi connectivity index (χ0n) is 6.33. The molecule has 0 aromatic rings. The van der Waals surface area contributed by atoms with Crippen LogP contribution in [0.5, 0.6) is 0 Å². The van der Waals surface area contributed by atoms with E-state index in [1.807, 2.05) is 12.2 Å². The molecule has 0 aliphatic rings. The predicted molar refractivity (Wildman–Crippen MR) is 54.2 cm³/mol. The van der Waals surface area contributed by atoms with Gasteiger partial charge in [0.25, 0.3) is 0 Å². The van der Waals surface area contributed by atoms with E-state index in [1.165, 1.54) is 4.91 Å². The molecule has 0 fully saturated rings. The summed E-state index contributed by atoms with van der Waals surface area (Å²) in [5.74, 6) is 0. The molecule has 0 bridgehead atoms. The van der Waals surface area contributed by atoms with Crippen LogP contribution in [0.4, 0.5) is 0 Å². The maximum atomic E-state index is 3.58. The number of hydrogen-bond donors (Lipinski definition) is 0. The molecule has 0 nitrogen and oxygen atoms in total. The normalized spacial score (nSPS) is 12.4. The predicted octanol–water partition coefficient (Wildman–Crippen LogP) is 3.64. The maximum Gasteiger partial charge on any atom is -0.00731 e. The molecule has 0 aliphatic heterocycles. The van der Waals surface area contributed by atoms with E-state index in [2.05, 4.69) is 25.8 Å².